The van der Waals surface area contributed by atoms with Crippen molar-refractivity contribution in [3.63, 3.8) is 0 Å². The summed E-state index contributed by atoms with van der Waals surface area (Å²) in [5.41, 5.74) is 0. The van der Waals surface area contributed by atoms with Crippen LogP contribution in [0.25, 0.3) is 0 Å². The number of aromatic amines is 1. The maximum atomic E-state index is 5.20. The van der Waals surface area contributed by atoms with E-state index >= 15 is 0 Å². The van der Waals surface area contributed by atoms with Crippen LogP contribution in [0.5, 0.6) is 0 Å². The summed E-state index contributed by atoms with van der Waals surface area (Å²) >= 11 is 5.20. The molecule has 0 aromatic carbocycles. The first kappa shape index (κ1) is 12.4. The first-order valence-corrected chi connectivity index (χ1v) is 6.06. The highest BCUT2D eigenvalue weighted by atomic mass is 32.1. The molecule has 15 heavy (non-hydrogen) atoms. The molecule has 0 aliphatic heterocycles. The van der Waals surface area contributed by atoms with Crippen LogP contribution in [0, 0.1) is 17.6 Å². The summed E-state index contributed by atoms with van der Waals surface area (Å²) in [5, 5.41) is 6.96. The zero-order valence-corrected chi connectivity index (χ0v) is 10.9. The summed E-state index contributed by atoms with van der Waals surface area (Å²) < 4.78 is 2.85. The lowest BCUT2D eigenvalue weighted by atomic mass is 10.0. The van der Waals surface area contributed by atoms with Gasteiger partial charge in [0.15, 0.2) is 4.77 Å². The standard InChI is InChI=1S/C11H21N3S/c1-8(2)6-5-7-9(3)14-10(4)12-13-11(14)15/h8-9H,5-7H2,1-4H3,(H,13,15). The van der Waals surface area contributed by atoms with E-state index in [1.807, 2.05) is 6.92 Å². The van der Waals surface area contributed by atoms with E-state index in [4.69, 9.17) is 12.2 Å². The van der Waals surface area contributed by atoms with Crippen LogP contribution >= 0.6 is 12.2 Å². The molecule has 0 aliphatic rings. The predicted octanol–water partition coefficient (Wildman–Crippen LogP) is 3.64. The van der Waals surface area contributed by atoms with E-state index in [1.165, 1.54) is 19.3 Å². The molecule has 1 unspecified atom stereocenters. The maximum Gasteiger partial charge on any atom is 0.195 e. The molecule has 86 valence electrons. The molecule has 0 saturated heterocycles. The van der Waals surface area contributed by atoms with Crippen molar-refractivity contribution in [1.29, 1.82) is 0 Å². The van der Waals surface area contributed by atoms with E-state index in [1.54, 1.807) is 0 Å². The Hall–Kier alpha value is -0.640. The zero-order chi connectivity index (χ0) is 11.4. The average molecular weight is 227 g/mol. The highest BCUT2D eigenvalue weighted by molar-refractivity contribution is 7.71. The number of hydrogen-bond donors (Lipinski definition) is 1. The van der Waals surface area contributed by atoms with Gasteiger partial charge in [-0.1, -0.05) is 26.7 Å². The van der Waals surface area contributed by atoms with Gasteiger partial charge in [-0.15, -0.1) is 0 Å². The molecule has 1 atom stereocenters. The Morgan fingerprint density at radius 2 is 2.00 bits per heavy atom. The van der Waals surface area contributed by atoms with Crippen molar-refractivity contribution in [3.05, 3.63) is 10.6 Å². The van der Waals surface area contributed by atoms with Crippen LogP contribution in [-0.4, -0.2) is 14.8 Å². The minimum atomic E-state index is 0.454. The molecule has 1 aromatic heterocycles. The van der Waals surface area contributed by atoms with Crippen molar-refractivity contribution in [1.82, 2.24) is 14.8 Å². The summed E-state index contributed by atoms with van der Waals surface area (Å²) in [4.78, 5) is 0. The van der Waals surface area contributed by atoms with Crippen molar-refractivity contribution in [3.8, 4) is 0 Å². The number of aromatic nitrogens is 3. The number of hydrogen-bond acceptors (Lipinski definition) is 2. The number of aryl methyl sites for hydroxylation is 1. The van der Waals surface area contributed by atoms with Crippen LogP contribution in [-0.2, 0) is 0 Å². The summed E-state index contributed by atoms with van der Waals surface area (Å²) in [6.45, 7) is 8.72. The van der Waals surface area contributed by atoms with Crippen LogP contribution < -0.4 is 0 Å². The number of rotatable bonds is 5. The fourth-order valence-corrected chi connectivity index (χ4v) is 2.21. The fraction of sp³-hybridized carbons (Fsp3) is 0.818. The molecule has 1 rings (SSSR count). The first-order chi connectivity index (χ1) is 7.02. The Kier molecular flexibility index (Phi) is 4.51. The highest BCUT2D eigenvalue weighted by Gasteiger charge is 2.09. The van der Waals surface area contributed by atoms with Crippen LogP contribution in [0.2, 0.25) is 0 Å². The predicted molar refractivity (Wildman–Crippen MR) is 65.5 cm³/mol. The molecule has 4 heteroatoms. The van der Waals surface area contributed by atoms with Gasteiger partial charge in [-0.05, 0) is 38.4 Å². The zero-order valence-electron chi connectivity index (χ0n) is 10.1. The van der Waals surface area contributed by atoms with Crippen molar-refractivity contribution in [2.24, 2.45) is 5.92 Å². The molecule has 1 aromatic rings. The van der Waals surface area contributed by atoms with Gasteiger partial charge in [-0.25, -0.2) is 0 Å². The van der Waals surface area contributed by atoms with Gasteiger partial charge in [-0.3, -0.25) is 5.10 Å². The van der Waals surface area contributed by atoms with Crippen LogP contribution in [0.15, 0.2) is 0 Å². The number of nitrogens with one attached hydrogen (secondary N) is 1. The lowest BCUT2D eigenvalue weighted by Gasteiger charge is -2.14. The minimum absolute atomic E-state index is 0.454. The Morgan fingerprint density at radius 3 is 2.47 bits per heavy atom. The van der Waals surface area contributed by atoms with Crippen molar-refractivity contribution < 1.29 is 0 Å². The van der Waals surface area contributed by atoms with Gasteiger partial charge in [0.2, 0.25) is 0 Å². The van der Waals surface area contributed by atoms with Gasteiger partial charge < -0.3 is 4.57 Å². The minimum Gasteiger partial charge on any atom is -0.302 e. The molecular weight excluding hydrogens is 206 g/mol. The molecule has 0 fully saturated rings. The fourth-order valence-electron chi connectivity index (χ4n) is 1.85. The Bertz CT molecular complexity index is 351. The van der Waals surface area contributed by atoms with E-state index in [0.717, 1.165) is 16.5 Å². The van der Waals surface area contributed by atoms with Crippen molar-refractivity contribution >= 4 is 12.2 Å². The quantitative estimate of drug-likeness (QED) is 0.779. The van der Waals surface area contributed by atoms with Crippen LogP contribution in [0.1, 0.15) is 51.9 Å². The molecule has 3 nitrogen and oxygen atoms in total. The molecule has 0 aliphatic carbocycles. The third-order valence-corrected chi connectivity index (χ3v) is 3.01. The highest BCUT2D eigenvalue weighted by Crippen LogP contribution is 2.18. The molecule has 0 spiro atoms. The number of nitrogens with zero attached hydrogens (tertiary/aromatic N) is 2. The topological polar surface area (TPSA) is 33.6 Å². The molecule has 0 radical (unpaired) electrons. The summed E-state index contributed by atoms with van der Waals surface area (Å²) in [7, 11) is 0. The third-order valence-electron chi connectivity index (χ3n) is 2.72. The third kappa shape index (κ3) is 3.45. The first-order valence-electron chi connectivity index (χ1n) is 5.66. The lowest BCUT2D eigenvalue weighted by Crippen LogP contribution is -2.07. The van der Waals surface area contributed by atoms with E-state index in [-0.39, 0.29) is 0 Å². The van der Waals surface area contributed by atoms with Gasteiger partial charge in [-0.2, -0.15) is 5.10 Å². The van der Waals surface area contributed by atoms with E-state index in [9.17, 15) is 0 Å². The monoisotopic (exact) mass is 227 g/mol. The van der Waals surface area contributed by atoms with Crippen molar-refractivity contribution in [2.75, 3.05) is 0 Å². The smallest absolute Gasteiger partial charge is 0.195 e. The molecule has 0 saturated carbocycles. The molecule has 1 heterocycles. The maximum absolute atomic E-state index is 5.20. The van der Waals surface area contributed by atoms with E-state index < -0.39 is 0 Å². The van der Waals surface area contributed by atoms with Gasteiger partial charge in [0.05, 0.1) is 0 Å². The van der Waals surface area contributed by atoms with Crippen molar-refractivity contribution in [2.45, 2.75) is 53.0 Å². The summed E-state index contributed by atoms with van der Waals surface area (Å²) in [5.74, 6) is 1.77. The second-order valence-corrected chi connectivity index (χ2v) is 5.01. The second kappa shape index (κ2) is 5.45. The normalized spacial score (nSPS) is 13.4. The second-order valence-electron chi connectivity index (χ2n) is 4.62. The van der Waals surface area contributed by atoms with Crippen LogP contribution in [0.3, 0.4) is 0 Å². The molecular formula is C11H21N3S. The molecule has 0 amide bonds. The van der Waals surface area contributed by atoms with Gasteiger partial charge in [0, 0.05) is 6.04 Å². The summed E-state index contributed by atoms with van der Waals surface area (Å²) in [6.07, 6.45) is 3.71. The Balaban J connectivity index is 2.54. The largest absolute Gasteiger partial charge is 0.302 e. The lowest BCUT2D eigenvalue weighted by molar-refractivity contribution is 0.438. The van der Waals surface area contributed by atoms with Gasteiger partial charge >= 0.3 is 0 Å². The molecule has 1 N–H and O–H groups in total. The Morgan fingerprint density at radius 1 is 1.33 bits per heavy atom. The van der Waals surface area contributed by atoms with Gasteiger partial charge in [0.25, 0.3) is 0 Å². The SMILES string of the molecule is Cc1n[nH]c(=S)n1C(C)CCCC(C)C. The molecule has 0 bridgehead atoms. The average Bonchev–Trinajstić information content (AvgIpc) is 2.45. The van der Waals surface area contributed by atoms with E-state index in [0.29, 0.717) is 6.04 Å². The number of H-pyrrole nitrogens is 1. The van der Waals surface area contributed by atoms with Gasteiger partial charge in [0.1, 0.15) is 5.82 Å². The summed E-state index contributed by atoms with van der Waals surface area (Å²) in [6, 6.07) is 0.454. The van der Waals surface area contributed by atoms with Crippen LogP contribution in [0.4, 0.5) is 0 Å². The van der Waals surface area contributed by atoms with E-state index in [2.05, 4.69) is 35.5 Å². The Labute approximate surface area is 96.9 Å².